The molecule has 0 saturated carbocycles. The third-order valence-electron chi connectivity index (χ3n) is 3.94. The minimum absolute atomic E-state index is 0.0161. The van der Waals surface area contributed by atoms with Crippen molar-refractivity contribution in [1.82, 2.24) is 0 Å². The zero-order valence-electron chi connectivity index (χ0n) is 12.8. The van der Waals surface area contributed by atoms with Crippen LogP contribution in [0.1, 0.15) is 60.3 Å². The Morgan fingerprint density at radius 1 is 1.18 bits per heavy atom. The number of hydrogen-bond acceptors (Lipinski definition) is 2. The summed E-state index contributed by atoms with van der Waals surface area (Å²) in [7, 11) is -1.75. The van der Waals surface area contributed by atoms with Crippen molar-refractivity contribution in [3.05, 3.63) is 0 Å². The predicted molar refractivity (Wildman–Crippen MR) is 77.9 cm³/mol. The average molecular weight is 260 g/mol. The SMILES string of the molecule is CCCC[C@@H](O)[C@H](CC)O[Si](C)(C)C(C)(C)C. The Morgan fingerprint density at radius 3 is 2.06 bits per heavy atom. The van der Waals surface area contributed by atoms with E-state index < -0.39 is 8.32 Å². The molecule has 0 radical (unpaired) electrons. The maximum Gasteiger partial charge on any atom is 0.192 e. The number of hydrogen-bond donors (Lipinski definition) is 1. The molecule has 2 nitrogen and oxygen atoms in total. The van der Waals surface area contributed by atoms with E-state index in [0.717, 1.165) is 25.7 Å². The summed E-state index contributed by atoms with van der Waals surface area (Å²) >= 11 is 0. The van der Waals surface area contributed by atoms with Gasteiger partial charge in [-0.2, -0.15) is 0 Å². The third kappa shape index (κ3) is 5.54. The van der Waals surface area contributed by atoms with E-state index in [0.29, 0.717) is 0 Å². The van der Waals surface area contributed by atoms with Gasteiger partial charge in [-0.3, -0.25) is 0 Å². The summed E-state index contributed by atoms with van der Waals surface area (Å²) < 4.78 is 6.30. The number of aliphatic hydroxyl groups excluding tert-OH is 1. The third-order valence-corrected chi connectivity index (χ3v) is 8.44. The summed E-state index contributed by atoms with van der Waals surface area (Å²) in [4.78, 5) is 0. The van der Waals surface area contributed by atoms with Crippen molar-refractivity contribution in [3.63, 3.8) is 0 Å². The normalized spacial score (nSPS) is 16.9. The van der Waals surface area contributed by atoms with E-state index in [1.165, 1.54) is 0 Å². The van der Waals surface area contributed by atoms with Crippen LogP contribution in [0.25, 0.3) is 0 Å². The fraction of sp³-hybridized carbons (Fsp3) is 1.00. The van der Waals surface area contributed by atoms with Crippen molar-refractivity contribution < 1.29 is 9.53 Å². The van der Waals surface area contributed by atoms with Gasteiger partial charge in [0.05, 0.1) is 12.2 Å². The zero-order valence-corrected chi connectivity index (χ0v) is 13.8. The molecule has 0 unspecified atom stereocenters. The van der Waals surface area contributed by atoms with E-state index in [9.17, 15) is 5.11 Å². The zero-order chi connectivity index (χ0) is 13.7. The standard InChI is InChI=1S/C14H32O2Si/c1-8-10-11-12(15)13(9-2)16-17(6,7)14(3,4)5/h12-13,15H,8-11H2,1-7H3/t12-,13+/m1/s1. The molecule has 0 fully saturated rings. The molecule has 0 aromatic heterocycles. The highest BCUT2D eigenvalue weighted by atomic mass is 28.4. The molecule has 0 rings (SSSR count). The highest BCUT2D eigenvalue weighted by Gasteiger charge is 2.39. The maximum atomic E-state index is 10.2. The van der Waals surface area contributed by atoms with Gasteiger partial charge < -0.3 is 9.53 Å². The second-order valence-corrected chi connectivity index (χ2v) is 11.3. The number of aliphatic hydroxyl groups is 1. The van der Waals surface area contributed by atoms with E-state index in [2.05, 4.69) is 47.7 Å². The molecule has 3 heteroatoms. The first-order valence-electron chi connectivity index (χ1n) is 7.01. The average Bonchev–Trinajstić information content (AvgIpc) is 2.20. The molecule has 0 spiro atoms. The van der Waals surface area contributed by atoms with Crippen LogP contribution in [0, 0.1) is 0 Å². The second-order valence-electron chi connectivity index (χ2n) is 6.53. The van der Waals surface area contributed by atoms with Crippen molar-refractivity contribution in [2.45, 2.75) is 90.6 Å². The Morgan fingerprint density at radius 2 is 1.71 bits per heavy atom. The molecule has 0 aromatic rings. The first-order valence-corrected chi connectivity index (χ1v) is 9.92. The topological polar surface area (TPSA) is 29.5 Å². The molecule has 0 heterocycles. The van der Waals surface area contributed by atoms with E-state index in [4.69, 9.17) is 4.43 Å². The minimum Gasteiger partial charge on any atom is -0.411 e. The van der Waals surface area contributed by atoms with E-state index in [1.54, 1.807) is 0 Å². The van der Waals surface area contributed by atoms with Crippen molar-refractivity contribution in [2.24, 2.45) is 0 Å². The highest BCUT2D eigenvalue weighted by Crippen LogP contribution is 2.38. The summed E-state index contributed by atoms with van der Waals surface area (Å²) in [6, 6.07) is 0. The fourth-order valence-electron chi connectivity index (χ4n) is 1.59. The van der Waals surface area contributed by atoms with E-state index in [-0.39, 0.29) is 17.2 Å². The monoisotopic (exact) mass is 260 g/mol. The Kier molecular flexibility index (Phi) is 6.96. The van der Waals surface area contributed by atoms with Crippen LogP contribution in [0.3, 0.4) is 0 Å². The van der Waals surface area contributed by atoms with Crippen LogP contribution in [0.15, 0.2) is 0 Å². The second kappa shape index (κ2) is 6.91. The van der Waals surface area contributed by atoms with Gasteiger partial charge in [0.25, 0.3) is 0 Å². The summed E-state index contributed by atoms with van der Waals surface area (Å²) in [6.45, 7) is 15.5. The Hall–Kier alpha value is 0.137. The van der Waals surface area contributed by atoms with Gasteiger partial charge in [-0.15, -0.1) is 0 Å². The minimum atomic E-state index is -1.75. The smallest absolute Gasteiger partial charge is 0.192 e. The molecule has 0 aliphatic heterocycles. The number of rotatable bonds is 7. The molecule has 0 amide bonds. The summed E-state index contributed by atoms with van der Waals surface area (Å²) in [6.07, 6.45) is 3.70. The fourth-order valence-corrected chi connectivity index (χ4v) is 3.02. The van der Waals surface area contributed by atoms with Crippen molar-refractivity contribution in [3.8, 4) is 0 Å². The molecule has 0 saturated heterocycles. The summed E-state index contributed by atoms with van der Waals surface area (Å²) in [5.41, 5.74) is 0. The van der Waals surface area contributed by atoms with Crippen LogP contribution in [0.2, 0.25) is 18.1 Å². The molecule has 0 aliphatic rings. The Labute approximate surface area is 109 Å². The first-order chi connectivity index (χ1) is 7.65. The van der Waals surface area contributed by atoms with Crippen LogP contribution < -0.4 is 0 Å². The van der Waals surface area contributed by atoms with E-state index in [1.807, 2.05) is 0 Å². The van der Waals surface area contributed by atoms with Crippen molar-refractivity contribution >= 4 is 8.32 Å². The van der Waals surface area contributed by atoms with Gasteiger partial charge in [-0.25, -0.2) is 0 Å². The van der Waals surface area contributed by atoms with Crippen LogP contribution >= 0.6 is 0 Å². The van der Waals surface area contributed by atoms with E-state index >= 15 is 0 Å². The lowest BCUT2D eigenvalue weighted by Crippen LogP contribution is -2.46. The van der Waals surface area contributed by atoms with Gasteiger partial charge in [-0.1, -0.05) is 47.5 Å². The molecule has 17 heavy (non-hydrogen) atoms. The molecule has 2 atom stereocenters. The lowest BCUT2D eigenvalue weighted by atomic mass is 10.1. The van der Waals surface area contributed by atoms with Gasteiger partial charge in [0.15, 0.2) is 8.32 Å². The highest BCUT2D eigenvalue weighted by molar-refractivity contribution is 6.74. The van der Waals surface area contributed by atoms with Gasteiger partial charge in [-0.05, 0) is 31.0 Å². The predicted octanol–water partition coefficient (Wildman–Crippen LogP) is 4.34. The molecular formula is C14H32O2Si. The quantitative estimate of drug-likeness (QED) is 0.690. The molecule has 0 aromatic carbocycles. The Balaban J connectivity index is 4.49. The van der Waals surface area contributed by atoms with Crippen LogP contribution in [-0.4, -0.2) is 25.6 Å². The van der Waals surface area contributed by atoms with Crippen LogP contribution in [0.4, 0.5) is 0 Å². The molecule has 104 valence electrons. The van der Waals surface area contributed by atoms with Crippen molar-refractivity contribution in [1.29, 1.82) is 0 Å². The molecule has 1 N–H and O–H groups in total. The van der Waals surface area contributed by atoms with Gasteiger partial charge in [0, 0.05) is 0 Å². The van der Waals surface area contributed by atoms with Crippen LogP contribution in [0.5, 0.6) is 0 Å². The van der Waals surface area contributed by atoms with Gasteiger partial charge in [0.1, 0.15) is 0 Å². The lowest BCUT2D eigenvalue weighted by molar-refractivity contribution is 0.0192. The van der Waals surface area contributed by atoms with Crippen LogP contribution in [-0.2, 0) is 4.43 Å². The summed E-state index contributed by atoms with van der Waals surface area (Å²) in [5.74, 6) is 0. The number of unbranched alkanes of at least 4 members (excludes halogenated alkanes) is 1. The summed E-state index contributed by atoms with van der Waals surface area (Å²) in [5, 5.41) is 10.4. The van der Waals surface area contributed by atoms with Gasteiger partial charge >= 0.3 is 0 Å². The van der Waals surface area contributed by atoms with Gasteiger partial charge in [0.2, 0.25) is 0 Å². The molecule has 0 aliphatic carbocycles. The largest absolute Gasteiger partial charge is 0.411 e. The van der Waals surface area contributed by atoms with Crippen molar-refractivity contribution in [2.75, 3.05) is 0 Å². The Bertz CT molecular complexity index is 209. The maximum absolute atomic E-state index is 10.2. The lowest BCUT2D eigenvalue weighted by Gasteiger charge is -2.40. The molecular weight excluding hydrogens is 228 g/mol. The molecule has 0 bridgehead atoms. The first kappa shape index (κ1) is 17.1.